The maximum Gasteiger partial charge on any atom is 0.131 e. The molecule has 0 aliphatic rings. The normalized spacial score (nSPS) is 9.40. The van der Waals surface area contributed by atoms with Gasteiger partial charge in [0, 0.05) is 7.05 Å². The van der Waals surface area contributed by atoms with Crippen molar-refractivity contribution in [1.82, 2.24) is 4.98 Å². The Kier molecular flexibility index (Phi) is 1.76. The van der Waals surface area contributed by atoms with Gasteiger partial charge in [-0.1, -0.05) is 6.07 Å². The summed E-state index contributed by atoms with van der Waals surface area (Å²) in [6, 6.07) is 3.73. The van der Waals surface area contributed by atoms with Crippen molar-refractivity contribution in [2.75, 3.05) is 18.1 Å². The summed E-state index contributed by atoms with van der Waals surface area (Å²) in [5.41, 5.74) is 6.56. The Bertz CT molecular complexity index is 232. The van der Waals surface area contributed by atoms with E-state index in [0.717, 1.165) is 11.4 Å². The van der Waals surface area contributed by atoms with Crippen LogP contribution in [0.4, 0.5) is 11.6 Å². The lowest BCUT2D eigenvalue weighted by Crippen LogP contribution is -1.98. The maximum atomic E-state index is 5.45. The van der Waals surface area contributed by atoms with Crippen LogP contribution in [-0.4, -0.2) is 12.0 Å². The minimum atomic E-state index is 0.551. The number of anilines is 2. The zero-order valence-corrected chi connectivity index (χ0v) is 6.18. The quantitative estimate of drug-likeness (QED) is 0.607. The van der Waals surface area contributed by atoms with E-state index < -0.39 is 0 Å². The number of nitrogens with one attached hydrogen (secondary N) is 1. The number of nitrogen functional groups attached to an aromatic ring is 1. The average molecular weight is 137 g/mol. The first-order chi connectivity index (χ1) is 4.74. The van der Waals surface area contributed by atoms with Crippen LogP contribution in [0.5, 0.6) is 0 Å². The van der Waals surface area contributed by atoms with Gasteiger partial charge in [-0.3, -0.25) is 0 Å². The molecule has 0 aliphatic carbocycles. The molecule has 0 fully saturated rings. The van der Waals surface area contributed by atoms with Crippen molar-refractivity contribution in [2.45, 2.75) is 6.92 Å². The number of pyridine rings is 1. The molecule has 0 atom stereocenters. The molecule has 0 spiro atoms. The molecular formula is C7H11N3. The Labute approximate surface area is 60.3 Å². The molecule has 3 N–H and O–H groups in total. The molecule has 0 saturated carbocycles. The van der Waals surface area contributed by atoms with Crippen LogP contribution in [0.3, 0.4) is 0 Å². The number of aromatic nitrogens is 1. The fourth-order valence-electron chi connectivity index (χ4n) is 0.797. The largest absolute Gasteiger partial charge is 0.384 e. The number of nitrogens with two attached hydrogens (primary N) is 1. The second kappa shape index (κ2) is 2.56. The fraction of sp³-hybridized carbons (Fsp3) is 0.286. The molecule has 1 aromatic rings. The summed E-state index contributed by atoms with van der Waals surface area (Å²) in [5, 5.41) is 2.94. The number of rotatable bonds is 1. The van der Waals surface area contributed by atoms with Crippen LogP contribution in [-0.2, 0) is 0 Å². The molecule has 3 heteroatoms. The van der Waals surface area contributed by atoms with Crippen molar-refractivity contribution in [3.8, 4) is 0 Å². The van der Waals surface area contributed by atoms with Gasteiger partial charge in [-0.05, 0) is 18.6 Å². The van der Waals surface area contributed by atoms with Crippen LogP contribution in [0.2, 0.25) is 0 Å². The van der Waals surface area contributed by atoms with Crippen molar-refractivity contribution in [2.24, 2.45) is 0 Å². The number of hydrogen-bond acceptors (Lipinski definition) is 3. The Morgan fingerprint density at radius 2 is 2.20 bits per heavy atom. The predicted octanol–water partition coefficient (Wildman–Crippen LogP) is 1.01. The molecule has 0 aliphatic heterocycles. The first kappa shape index (κ1) is 6.86. The van der Waals surface area contributed by atoms with E-state index >= 15 is 0 Å². The van der Waals surface area contributed by atoms with E-state index in [-0.39, 0.29) is 0 Å². The van der Waals surface area contributed by atoms with Crippen molar-refractivity contribution in [1.29, 1.82) is 0 Å². The molecule has 0 amide bonds. The Morgan fingerprint density at radius 1 is 1.50 bits per heavy atom. The minimum absolute atomic E-state index is 0.551. The van der Waals surface area contributed by atoms with E-state index in [1.807, 2.05) is 20.0 Å². The van der Waals surface area contributed by atoms with Crippen LogP contribution < -0.4 is 11.1 Å². The summed E-state index contributed by atoms with van der Waals surface area (Å²) < 4.78 is 0. The van der Waals surface area contributed by atoms with Crippen molar-refractivity contribution >= 4 is 11.6 Å². The Hall–Kier alpha value is -1.25. The molecule has 0 saturated heterocycles. The predicted molar refractivity (Wildman–Crippen MR) is 42.9 cm³/mol. The van der Waals surface area contributed by atoms with Crippen molar-refractivity contribution < 1.29 is 0 Å². The second-order valence-corrected chi connectivity index (χ2v) is 2.15. The van der Waals surface area contributed by atoms with Crippen molar-refractivity contribution in [3.63, 3.8) is 0 Å². The Morgan fingerprint density at radius 3 is 2.70 bits per heavy atom. The lowest BCUT2D eigenvalue weighted by atomic mass is 10.3. The minimum Gasteiger partial charge on any atom is -0.384 e. The molecule has 1 heterocycles. The number of aryl methyl sites for hydroxylation is 1. The van der Waals surface area contributed by atoms with Gasteiger partial charge in [0.2, 0.25) is 0 Å². The zero-order valence-electron chi connectivity index (χ0n) is 6.18. The molecule has 0 bridgehead atoms. The average Bonchev–Trinajstić information content (AvgIpc) is 1.94. The number of hydrogen-bond donors (Lipinski definition) is 2. The van der Waals surface area contributed by atoms with Gasteiger partial charge in [-0.25, -0.2) is 4.98 Å². The van der Waals surface area contributed by atoms with Gasteiger partial charge in [-0.2, -0.15) is 0 Å². The molecule has 1 rings (SSSR count). The third-order valence-electron chi connectivity index (χ3n) is 1.36. The lowest BCUT2D eigenvalue weighted by molar-refractivity contribution is 1.25. The highest BCUT2D eigenvalue weighted by molar-refractivity contribution is 5.48. The van der Waals surface area contributed by atoms with Crippen LogP contribution in [0.15, 0.2) is 12.1 Å². The topological polar surface area (TPSA) is 50.9 Å². The molecule has 10 heavy (non-hydrogen) atoms. The van der Waals surface area contributed by atoms with E-state index in [0.29, 0.717) is 5.82 Å². The highest BCUT2D eigenvalue weighted by atomic mass is 15.0. The van der Waals surface area contributed by atoms with Crippen LogP contribution in [0.1, 0.15) is 5.56 Å². The molecule has 0 unspecified atom stereocenters. The van der Waals surface area contributed by atoms with Crippen LogP contribution in [0.25, 0.3) is 0 Å². The SMILES string of the molecule is CNc1nc(N)ccc1C. The summed E-state index contributed by atoms with van der Waals surface area (Å²) in [4.78, 5) is 4.06. The first-order valence-electron chi connectivity index (χ1n) is 3.15. The van der Waals surface area contributed by atoms with E-state index in [9.17, 15) is 0 Å². The van der Waals surface area contributed by atoms with Gasteiger partial charge >= 0.3 is 0 Å². The molecule has 54 valence electrons. The van der Waals surface area contributed by atoms with Gasteiger partial charge in [0.15, 0.2) is 0 Å². The summed E-state index contributed by atoms with van der Waals surface area (Å²) in [7, 11) is 1.83. The van der Waals surface area contributed by atoms with Gasteiger partial charge in [0.25, 0.3) is 0 Å². The maximum absolute atomic E-state index is 5.45. The number of nitrogens with zero attached hydrogens (tertiary/aromatic N) is 1. The molecule has 0 aromatic carbocycles. The first-order valence-corrected chi connectivity index (χ1v) is 3.15. The summed E-state index contributed by atoms with van der Waals surface area (Å²) >= 11 is 0. The summed E-state index contributed by atoms with van der Waals surface area (Å²) in [5.74, 6) is 1.40. The third kappa shape index (κ3) is 1.18. The van der Waals surface area contributed by atoms with Gasteiger partial charge in [-0.15, -0.1) is 0 Å². The molecule has 1 aromatic heterocycles. The lowest BCUT2D eigenvalue weighted by Gasteiger charge is -2.02. The zero-order chi connectivity index (χ0) is 7.56. The highest BCUT2D eigenvalue weighted by Gasteiger charge is 1.95. The standard InChI is InChI=1S/C7H11N3/c1-5-3-4-6(8)10-7(5)9-2/h3-4H,1-2H3,(H3,8,9,10). The molecule has 3 nitrogen and oxygen atoms in total. The summed E-state index contributed by atoms with van der Waals surface area (Å²) in [6.45, 7) is 1.98. The molecular weight excluding hydrogens is 126 g/mol. The van der Waals surface area contributed by atoms with Crippen LogP contribution in [0, 0.1) is 6.92 Å². The fourth-order valence-corrected chi connectivity index (χ4v) is 0.797. The smallest absolute Gasteiger partial charge is 0.131 e. The van der Waals surface area contributed by atoms with E-state index in [1.165, 1.54) is 0 Å². The van der Waals surface area contributed by atoms with E-state index in [1.54, 1.807) is 6.07 Å². The second-order valence-electron chi connectivity index (χ2n) is 2.15. The van der Waals surface area contributed by atoms with Crippen molar-refractivity contribution in [3.05, 3.63) is 17.7 Å². The summed E-state index contributed by atoms with van der Waals surface area (Å²) in [6.07, 6.45) is 0. The highest BCUT2D eigenvalue weighted by Crippen LogP contribution is 2.11. The van der Waals surface area contributed by atoms with Gasteiger partial charge in [0.1, 0.15) is 11.6 Å². The van der Waals surface area contributed by atoms with Gasteiger partial charge < -0.3 is 11.1 Å². The van der Waals surface area contributed by atoms with E-state index in [4.69, 9.17) is 5.73 Å². The Balaban J connectivity index is 3.09. The van der Waals surface area contributed by atoms with Gasteiger partial charge in [0.05, 0.1) is 0 Å². The third-order valence-corrected chi connectivity index (χ3v) is 1.36. The van der Waals surface area contributed by atoms with E-state index in [2.05, 4.69) is 10.3 Å². The monoisotopic (exact) mass is 137 g/mol. The van der Waals surface area contributed by atoms with Crippen LogP contribution >= 0.6 is 0 Å². The molecule has 0 radical (unpaired) electrons.